The van der Waals surface area contributed by atoms with Crippen molar-refractivity contribution in [1.82, 2.24) is 25.1 Å². The second kappa shape index (κ2) is 9.18. The van der Waals surface area contributed by atoms with Gasteiger partial charge in [-0.2, -0.15) is 4.68 Å². The van der Waals surface area contributed by atoms with Crippen molar-refractivity contribution in [1.29, 1.82) is 0 Å². The monoisotopic (exact) mass is 409 g/mol. The first-order chi connectivity index (χ1) is 13.1. The van der Waals surface area contributed by atoms with E-state index in [1.807, 2.05) is 0 Å². The van der Waals surface area contributed by atoms with Crippen LogP contribution in [0.2, 0.25) is 5.02 Å². The van der Waals surface area contributed by atoms with E-state index in [1.54, 1.807) is 40.8 Å². The lowest BCUT2D eigenvalue weighted by atomic mass is 10.0. The Balaban J connectivity index is 1.66. The van der Waals surface area contributed by atoms with Crippen molar-refractivity contribution in [2.45, 2.75) is 37.4 Å². The number of thioether (sulfide) groups is 1. The summed E-state index contributed by atoms with van der Waals surface area (Å²) in [7, 11) is 0. The molecule has 1 aliphatic rings. The third-order valence-electron chi connectivity index (χ3n) is 4.22. The summed E-state index contributed by atoms with van der Waals surface area (Å²) in [6.45, 7) is 2.63. The SMILES string of the molecule is CCOC(=O)[C@@H]1CCCCN1C(=O)CSc1nnnn1-c1ccc(Cl)cc1. The van der Waals surface area contributed by atoms with E-state index < -0.39 is 6.04 Å². The lowest BCUT2D eigenvalue weighted by molar-refractivity contribution is -0.155. The number of hydrogen-bond acceptors (Lipinski definition) is 7. The van der Waals surface area contributed by atoms with Gasteiger partial charge in [-0.15, -0.1) is 5.10 Å². The molecule has 10 heteroatoms. The van der Waals surface area contributed by atoms with Gasteiger partial charge in [0.1, 0.15) is 6.04 Å². The van der Waals surface area contributed by atoms with Crippen molar-refractivity contribution in [3.63, 3.8) is 0 Å². The molecule has 27 heavy (non-hydrogen) atoms. The summed E-state index contributed by atoms with van der Waals surface area (Å²) in [6.07, 6.45) is 2.43. The number of benzene rings is 1. The minimum atomic E-state index is -0.501. The fraction of sp³-hybridized carbons (Fsp3) is 0.471. The van der Waals surface area contributed by atoms with Crippen LogP contribution in [0.3, 0.4) is 0 Å². The van der Waals surface area contributed by atoms with Gasteiger partial charge in [0.15, 0.2) is 0 Å². The summed E-state index contributed by atoms with van der Waals surface area (Å²) >= 11 is 7.14. The van der Waals surface area contributed by atoms with Crippen LogP contribution in [0.5, 0.6) is 0 Å². The maximum Gasteiger partial charge on any atom is 0.328 e. The number of carbonyl (C=O) groups is 2. The predicted octanol–water partition coefficient (Wildman–Crippen LogP) is 2.35. The molecule has 0 unspecified atom stereocenters. The minimum Gasteiger partial charge on any atom is -0.464 e. The van der Waals surface area contributed by atoms with Crippen molar-refractivity contribution < 1.29 is 14.3 Å². The van der Waals surface area contributed by atoms with Crippen LogP contribution < -0.4 is 0 Å². The van der Waals surface area contributed by atoms with Crippen molar-refractivity contribution in [3.8, 4) is 5.69 Å². The highest BCUT2D eigenvalue weighted by Crippen LogP contribution is 2.23. The quantitative estimate of drug-likeness (QED) is 0.534. The smallest absolute Gasteiger partial charge is 0.328 e. The molecule has 2 heterocycles. The van der Waals surface area contributed by atoms with Gasteiger partial charge in [0, 0.05) is 11.6 Å². The van der Waals surface area contributed by atoms with Gasteiger partial charge in [-0.3, -0.25) is 4.79 Å². The summed E-state index contributed by atoms with van der Waals surface area (Å²) < 4.78 is 6.66. The maximum absolute atomic E-state index is 12.7. The Hall–Kier alpha value is -2.13. The molecule has 2 aromatic rings. The number of piperidine rings is 1. The summed E-state index contributed by atoms with van der Waals surface area (Å²) in [6, 6.07) is 6.59. The highest BCUT2D eigenvalue weighted by Gasteiger charge is 2.33. The van der Waals surface area contributed by atoms with Gasteiger partial charge in [0.2, 0.25) is 11.1 Å². The van der Waals surface area contributed by atoms with E-state index >= 15 is 0 Å². The fourth-order valence-corrected chi connectivity index (χ4v) is 3.84. The Morgan fingerprint density at radius 2 is 2.07 bits per heavy atom. The second-order valence-corrected chi connectivity index (χ2v) is 7.37. The summed E-state index contributed by atoms with van der Waals surface area (Å²) in [4.78, 5) is 26.5. The number of rotatable bonds is 6. The molecule has 144 valence electrons. The average Bonchev–Trinajstić information content (AvgIpc) is 3.15. The van der Waals surface area contributed by atoms with Gasteiger partial charge in [-0.1, -0.05) is 23.4 Å². The van der Waals surface area contributed by atoms with E-state index in [-0.39, 0.29) is 17.6 Å². The highest BCUT2D eigenvalue weighted by molar-refractivity contribution is 7.99. The lowest BCUT2D eigenvalue weighted by Gasteiger charge is -2.33. The van der Waals surface area contributed by atoms with Crippen molar-refractivity contribution >= 4 is 35.2 Å². The minimum absolute atomic E-state index is 0.122. The molecular formula is C17H20ClN5O3S. The molecular weight excluding hydrogens is 390 g/mol. The molecule has 1 aliphatic heterocycles. The zero-order chi connectivity index (χ0) is 19.2. The first-order valence-corrected chi connectivity index (χ1v) is 10.1. The Kier molecular flexibility index (Phi) is 6.68. The van der Waals surface area contributed by atoms with E-state index in [2.05, 4.69) is 15.5 Å². The molecule has 1 amide bonds. The number of halogens is 1. The predicted molar refractivity (Wildman–Crippen MR) is 101 cm³/mol. The van der Waals surface area contributed by atoms with Crippen LogP contribution in [0.15, 0.2) is 29.4 Å². The zero-order valence-electron chi connectivity index (χ0n) is 14.9. The molecule has 8 nitrogen and oxygen atoms in total. The van der Waals surface area contributed by atoms with Gasteiger partial charge in [0.25, 0.3) is 0 Å². The number of hydrogen-bond donors (Lipinski definition) is 0. The first kappa shape index (κ1) is 19.6. The molecule has 1 saturated heterocycles. The Labute approximate surface area is 166 Å². The third-order valence-corrected chi connectivity index (χ3v) is 5.37. The van der Waals surface area contributed by atoms with Crippen LogP contribution in [0, 0.1) is 0 Å². The number of amides is 1. The Bertz CT molecular complexity index is 798. The van der Waals surface area contributed by atoms with E-state index in [4.69, 9.17) is 16.3 Å². The molecule has 0 bridgehead atoms. The molecule has 0 aliphatic carbocycles. The van der Waals surface area contributed by atoms with Crippen LogP contribution in [0.25, 0.3) is 5.69 Å². The number of carbonyl (C=O) groups excluding carboxylic acids is 2. The van der Waals surface area contributed by atoms with Gasteiger partial charge in [0.05, 0.1) is 18.0 Å². The fourth-order valence-electron chi connectivity index (χ4n) is 2.94. The second-order valence-electron chi connectivity index (χ2n) is 5.99. The number of esters is 1. The van der Waals surface area contributed by atoms with Crippen LogP contribution in [0.1, 0.15) is 26.2 Å². The van der Waals surface area contributed by atoms with Crippen molar-refractivity contribution in [2.24, 2.45) is 0 Å². The molecule has 0 saturated carbocycles. The van der Waals surface area contributed by atoms with E-state index in [0.717, 1.165) is 18.5 Å². The standard InChI is InChI=1S/C17H20ClN5O3S/c1-2-26-16(25)14-5-3-4-10-22(14)15(24)11-27-17-19-20-21-23(17)13-8-6-12(18)7-9-13/h6-9,14H,2-5,10-11H2,1H3/t14-/m0/s1. The maximum atomic E-state index is 12.7. The highest BCUT2D eigenvalue weighted by atomic mass is 35.5. The van der Waals surface area contributed by atoms with Crippen LogP contribution >= 0.6 is 23.4 Å². The molecule has 1 fully saturated rings. The van der Waals surface area contributed by atoms with Crippen molar-refractivity contribution in [2.75, 3.05) is 18.9 Å². The Morgan fingerprint density at radius 1 is 1.30 bits per heavy atom. The summed E-state index contributed by atoms with van der Waals surface area (Å²) in [5.41, 5.74) is 0.752. The molecule has 0 N–H and O–H groups in total. The van der Waals surface area contributed by atoms with Gasteiger partial charge in [-0.25, -0.2) is 4.79 Å². The molecule has 1 atom stereocenters. The zero-order valence-corrected chi connectivity index (χ0v) is 16.4. The van der Waals surface area contributed by atoms with Gasteiger partial charge in [-0.05, 0) is 60.9 Å². The van der Waals surface area contributed by atoms with E-state index in [0.29, 0.717) is 29.8 Å². The third kappa shape index (κ3) is 4.78. The molecule has 3 rings (SSSR count). The molecule has 1 aromatic carbocycles. The first-order valence-electron chi connectivity index (χ1n) is 8.73. The van der Waals surface area contributed by atoms with Gasteiger partial charge >= 0.3 is 5.97 Å². The van der Waals surface area contributed by atoms with E-state index in [1.165, 1.54) is 11.8 Å². The molecule has 0 spiro atoms. The number of nitrogens with zero attached hydrogens (tertiary/aromatic N) is 5. The number of aromatic nitrogens is 4. The van der Waals surface area contributed by atoms with Crippen molar-refractivity contribution in [3.05, 3.63) is 29.3 Å². The van der Waals surface area contributed by atoms with E-state index in [9.17, 15) is 9.59 Å². The average molecular weight is 410 g/mol. The number of ether oxygens (including phenoxy) is 1. The summed E-state index contributed by atoms with van der Waals surface area (Å²) in [5, 5.41) is 12.8. The lowest BCUT2D eigenvalue weighted by Crippen LogP contribution is -2.49. The summed E-state index contributed by atoms with van der Waals surface area (Å²) in [5.74, 6) is -0.311. The van der Waals surface area contributed by atoms with Gasteiger partial charge < -0.3 is 9.64 Å². The van der Waals surface area contributed by atoms with Crippen LogP contribution in [-0.4, -0.2) is 61.9 Å². The topological polar surface area (TPSA) is 90.2 Å². The normalized spacial score (nSPS) is 17.0. The number of tetrazole rings is 1. The Morgan fingerprint density at radius 3 is 2.81 bits per heavy atom. The largest absolute Gasteiger partial charge is 0.464 e. The molecule has 1 aromatic heterocycles. The molecule has 0 radical (unpaired) electrons. The number of likely N-dealkylation sites (tertiary alicyclic amines) is 1. The van der Waals surface area contributed by atoms with Crippen LogP contribution in [-0.2, 0) is 14.3 Å². The van der Waals surface area contributed by atoms with Crippen LogP contribution in [0.4, 0.5) is 0 Å².